The summed E-state index contributed by atoms with van der Waals surface area (Å²) >= 11 is 0. The lowest BCUT2D eigenvalue weighted by Crippen LogP contribution is -2.32. The molecular weight excluding hydrogens is 326 g/mol. The maximum atomic E-state index is 12.3. The van der Waals surface area contributed by atoms with Crippen molar-refractivity contribution in [1.82, 2.24) is 24.4 Å². The highest BCUT2D eigenvalue weighted by Crippen LogP contribution is 2.21. The molecule has 0 spiro atoms. The van der Waals surface area contributed by atoms with Crippen LogP contribution in [0.5, 0.6) is 0 Å². The van der Waals surface area contributed by atoms with Gasteiger partial charge in [0.2, 0.25) is 5.91 Å². The second kappa shape index (κ2) is 8.88. The van der Waals surface area contributed by atoms with Gasteiger partial charge in [-0.25, -0.2) is 4.98 Å². The molecule has 2 aromatic heterocycles. The lowest BCUT2D eigenvalue weighted by Gasteiger charge is -2.16. The van der Waals surface area contributed by atoms with E-state index in [1.54, 1.807) is 35.9 Å². The third-order valence-corrected chi connectivity index (χ3v) is 4.08. The van der Waals surface area contributed by atoms with Crippen LogP contribution in [0.25, 0.3) is 0 Å². The molecule has 3 heterocycles. The number of aryl methyl sites for hydroxylation is 1. The van der Waals surface area contributed by atoms with E-state index in [2.05, 4.69) is 15.0 Å². The molecular formula is C16H21N5O4. The van der Waals surface area contributed by atoms with Crippen LogP contribution in [0.2, 0.25) is 0 Å². The van der Waals surface area contributed by atoms with E-state index >= 15 is 0 Å². The number of nitrogens with zero attached hydrogens (tertiary/aromatic N) is 5. The van der Waals surface area contributed by atoms with Gasteiger partial charge in [-0.1, -0.05) is 0 Å². The molecule has 3 rings (SSSR count). The van der Waals surface area contributed by atoms with E-state index < -0.39 is 6.10 Å². The molecule has 9 nitrogen and oxygen atoms in total. The minimum absolute atomic E-state index is 0.00166. The third-order valence-electron chi connectivity index (χ3n) is 4.08. The van der Waals surface area contributed by atoms with Crippen LogP contribution in [-0.2, 0) is 22.6 Å². The number of likely N-dealkylation sites (tertiary alicyclic amines) is 1. The van der Waals surface area contributed by atoms with Gasteiger partial charge in [-0.3, -0.25) is 19.6 Å². The van der Waals surface area contributed by atoms with E-state index in [1.807, 2.05) is 11.5 Å². The Morgan fingerprint density at radius 2 is 2.08 bits per heavy atom. The van der Waals surface area contributed by atoms with Crippen LogP contribution in [0.15, 0.2) is 31.0 Å². The number of hydrogen-bond acceptors (Lipinski definition) is 6. The van der Waals surface area contributed by atoms with Gasteiger partial charge in [0.05, 0.1) is 11.8 Å². The van der Waals surface area contributed by atoms with E-state index in [-0.39, 0.29) is 24.8 Å². The van der Waals surface area contributed by atoms with Gasteiger partial charge in [0.25, 0.3) is 6.47 Å². The first-order valence-electron chi connectivity index (χ1n) is 7.81. The molecule has 1 aliphatic rings. The lowest BCUT2D eigenvalue weighted by atomic mass is 10.0. The number of aliphatic hydroxyl groups excluding tert-OH is 1. The molecule has 0 unspecified atom stereocenters. The summed E-state index contributed by atoms with van der Waals surface area (Å²) in [6, 6.07) is 0. The number of amides is 1. The van der Waals surface area contributed by atoms with Gasteiger partial charge in [-0.2, -0.15) is 0 Å². The van der Waals surface area contributed by atoms with Crippen LogP contribution in [0.4, 0.5) is 0 Å². The normalized spacial score (nSPS) is 19.2. The Hall–Kier alpha value is -2.81. The summed E-state index contributed by atoms with van der Waals surface area (Å²) in [5.41, 5.74) is 0.839. The Bertz CT molecular complexity index is 691. The molecule has 25 heavy (non-hydrogen) atoms. The Morgan fingerprint density at radius 3 is 2.68 bits per heavy atom. The van der Waals surface area contributed by atoms with Crippen molar-refractivity contribution in [3.05, 3.63) is 42.5 Å². The highest BCUT2D eigenvalue weighted by atomic mass is 16.3. The smallest absolute Gasteiger partial charge is 0.290 e. The number of carboxylic acid groups (broad SMARTS) is 1. The third kappa shape index (κ3) is 5.08. The summed E-state index contributed by atoms with van der Waals surface area (Å²) in [4.78, 5) is 34.8. The number of β-amino-alcohol motifs (C(OH)–C–C–N with tert-alkyl or cyclic N) is 1. The van der Waals surface area contributed by atoms with Gasteiger partial charge in [-0.05, 0) is 13.3 Å². The largest absolute Gasteiger partial charge is 0.483 e. The summed E-state index contributed by atoms with van der Waals surface area (Å²) < 4.78 is 1.81. The number of aliphatic hydroxyl groups is 1. The second-order valence-electron chi connectivity index (χ2n) is 5.73. The molecule has 9 heteroatoms. The predicted molar refractivity (Wildman–Crippen MR) is 87.5 cm³/mol. The fraction of sp³-hybridized carbons (Fsp3) is 0.438. The zero-order chi connectivity index (χ0) is 18.2. The van der Waals surface area contributed by atoms with E-state index in [0.717, 1.165) is 11.5 Å². The van der Waals surface area contributed by atoms with Gasteiger partial charge in [0, 0.05) is 50.0 Å². The maximum Gasteiger partial charge on any atom is 0.290 e. The summed E-state index contributed by atoms with van der Waals surface area (Å²) in [6.07, 6.45) is 8.54. The number of rotatable bonds is 4. The molecule has 0 saturated carbocycles. The van der Waals surface area contributed by atoms with E-state index in [4.69, 9.17) is 9.90 Å². The molecule has 2 atom stereocenters. The van der Waals surface area contributed by atoms with Crippen molar-refractivity contribution in [2.45, 2.75) is 26.0 Å². The van der Waals surface area contributed by atoms with Crippen LogP contribution < -0.4 is 0 Å². The number of carbonyl (C=O) groups is 2. The van der Waals surface area contributed by atoms with Crippen molar-refractivity contribution in [3.8, 4) is 0 Å². The average molecular weight is 347 g/mol. The van der Waals surface area contributed by atoms with Crippen molar-refractivity contribution in [3.63, 3.8) is 0 Å². The van der Waals surface area contributed by atoms with Gasteiger partial charge < -0.3 is 19.7 Å². The first-order valence-corrected chi connectivity index (χ1v) is 7.81. The average Bonchev–Trinajstić information content (AvgIpc) is 3.16. The Kier molecular flexibility index (Phi) is 6.58. The first kappa shape index (κ1) is 18.5. The lowest BCUT2D eigenvalue weighted by molar-refractivity contribution is -0.131. The molecule has 1 aliphatic heterocycles. The second-order valence-corrected chi connectivity index (χ2v) is 5.73. The molecule has 2 aromatic rings. The van der Waals surface area contributed by atoms with Crippen LogP contribution in [0, 0.1) is 12.8 Å². The standard InChI is InChI=1S/C15H19N5O2.CH2O2/c1-11-17-4-5-19(11)10-15(22)20-8-12(14(21)9-20)6-13-7-16-2-3-18-13;2-1-3/h2-5,7,12,14,21H,6,8-10H2,1H3;1H,(H,2,3)/t12-,14-;/m1./s1. The predicted octanol–water partition coefficient (Wildman–Crippen LogP) is -0.256. The molecule has 1 saturated heterocycles. The quantitative estimate of drug-likeness (QED) is 0.731. The van der Waals surface area contributed by atoms with E-state index in [0.29, 0.717) is 19.5 Å². The highest BCUT2D eigenvalue weighted by Gasteiger charge is 2.34. The minimum atomic E-state index is -0.519. The minimum Gasteiger partial charge on any atom is -0.483 e. The molecule has 134 valence electrons. The van der Waals surface area contributed by atoms with Crippen LogP contribution >= 0.6 is 0 Å². The Morgan fingerprint density at radius 1 is 1.32 bits per heavy atom. The Balaban J connectivity index is 0.000000701. The fourth-order valence-electron chi connectivity index (χ4n) is 2.78. The maximum absolute atomic E-state index is 12.3. The molecule has 0 bridgehead atoms. The first-order chi connectivity index (χ1) is 12.0. The van der Waals surface area contributed by atoms with Crippen molar-refractivity contribution < 1.29 is 19.8 Å². The SMILES string of the molecule is Cc1nccn1CC(=O)N1C[C@@H](Cc2cnccn2)[C@H](O)C1.O=CO. The number of hydrogen-bond donors (Lipinski definition) is 2. The van der Waals surface area contributed by atoms with E-state index in [1.165, 1.54) is 0 Å². The topological polar surface area (TPSA) is 121 Å². The van der Waals surface area contributed by atoms with Crippen molar-refractivity contribution in [1.29, 1.82) is 0 Å². The molecule has 0 radical (unpaired) electrons. The van der Waals surface area contributed by atoms with Gasteiger partial charge in [-0.15, -0.1) is 0 Å². The van der Waals surface area contributed by atoms with Crippen molar-refractivity contribution in [2.24, 2.45) is 5.92 Å². The fourth-order valence-corrected chi connectivity index (χ4v) is 2.78. The van der Waals surface area contributed by atoms with Crippen LogP contribution in [-0.4, -0.2) is 66.2 Å². The highest BCUT2D eigenvalue weighted by molar-refractivity contribution is 5.76. The Labute approximate surface area is 145 Å². The van der Waals surface area contributed by atoms with E-state index in [9.17, 15) is 9.90 Å². The van der Waals surface area contributed by atoms with Gasteiger partial charge in [0.15, 0.2) is 0 Å². The number of carbonyl (C=O) groups excluding carboxylic acids is 1. The van der Waals surface area contributed by atoms with Crippen molar-refractivity contribution in [2.75, 3.05) is 13.1 Å². The van der Waals surface area contributed by atoms with Gasteiger partial charge >= 0.3 is 0 Å². The summed E-state index contributed by atoms with van der Waals surface area (Å²) in [5, 5.41) is 17.1. The summed E-state index contributed by atoms with van der Waals surface area (Å²) in [5.74, 6) is 0.815. The molecule has 0 aromatic carbocycles. The zero-order valence-corrected chi connectivity index (χ0v) is 13.9. The van der Waals surface area contributed by atoms with Crippen molar-refractivity contribution >= 4 is 12.4 Å². The monoisotopic (exact) mass is 347 g/mol. The van der Waals surface area contributed by atoms with Crippen LogP contribution in [0.3, 0.4) is 0 Å². The summed E-state index contributed by atoms with van der Waals surface area (Å²) in [7, 11) is 0. The van der Waals surface area contributed by atoms with Gasteiger partial charge in [0.1, 0.15) is 12.4 Å². The zero-order valence-electron chi connectivity index (χ0n) is 13.9. The van der Waals surface area contributed by atoms with Crippen LogP contribution in [0.1, 0.15) is 11.5 Å². The molecule has 1 fully saturated rings. The number of imidazole rings is 1. The molecule has 0 aliphatic carbocycles. The molecule has 2 N–H and O–H groups in total. The number of aromatic nitrogens is 4. The summed E-state index contributed by atoms with van der Waals surface area (Å²) in [6.45, 7) is 2.79. The molecule has 1 amide bonds.